The summed E-state index contributed by atoms with van der Waals surface area (Å²) in [5, 5.41) is 11.9. The van der Waals surface area contributed by atoms with Crippen LogP contribution in [0.1, 0.15) is 30.7 Å². The summed E-state index contributed by atoms with van der Waals surface area (Å²) in [6.07, 6.45) is 3.52. The summed E-state index contributed by atoms with van der Waals surface area (Å²) in [7, 11) is 0. The van der Waals surface area contributed by atoms with E-state index >= 15 is 0 Å². The third-order valence-electron chi connectivity index (χ3n) is 4.90. The van der Waals surface area contributed by atoms with Gasteiger partial charge in [0.15, 0.2) is 0 Å². The normalized spacial score (nSPS) is 13.8. The highest BCUT2D eigenvalue weighted by molar-refractivity contribution is 7.98. The summed E-state index contributed by atoms with van der Waals surface area (Å²) >= 11 is 5.13. The van der Waals surface area contributed by atoms with Gasteiger partial charge in [0.25, 0.3) is 0 Å². The Morgan fingerprint density at radius 2 is 2.21 bits per heavy atom. The highest BCUT2D eigenvalue weighted by Crippen LogP contribution is 2.45. The van der Waals surface area contributed by atoms with Crippen molar-refractivity contribution in [2.45, 2.75) is 44.2 Å². The molecule has 0 radical (unpaired) electrons. The van der Waals surface area contributed by atoms with E-state index in [0.29, 0.717) is 19.0 Å². The van der Waals surface area contributed by atoms with Gasteiger partial charge in [0.1, 0.15) is 10.0 Å². The smallest absolute Gasteiger partial charge is 0.226 e. The van der Waals surface area contributed by atoms with Gasteiger partial charge in [0, 0.05) is 40.9 Å². The van der Waals surface area contributed by atoms with Crippen LogP contribution in [-0.4, -0.2) is 36.3 Å². The fourth-order valence-corrected chi connectivity index (χ4v) is 6.51. The molecule has 0 aliphatic carbocycles. The standard InChI is InChI=1S/C21H26N4OS3/c1-12(2)23-10-8-17(26)24-20-18(13-7-9-22-11-16(13)29-20)21-25-19-14(27-3)5-4-6-15(19)28-21/h4-6,12,22-23H,7-11H2,1-3H3,(H,24,26). The molecule has 3 heterocycles. The molecule has 4 rings (SSSR count). The van der Waals surface area contributed by atoms with Crippen molar-refractivity contribution < 1.29 is 4.79 Å². The number of nitrogens with one attached hydrogen (secondary N) is 3. The quantitative estimate of drug-likeness (QED) is 0.458. The molecule has 1 amide bonds. The predicted molar refractivity (Wildman–Crippen MR) is 127 cm³/mol. The number of amides is 1. The fourth-order valence-electron chi connectivity index (χ4n) is 3.51. The summed E-state index contributed by atoms with van der Waals surface area (Å²) in [5.41, 5.74) is 3.53. The van der Waals surface area contributed by atoms with E-state index in [4.69, 9.17) is 4.98 Å². The van der Waals surface area contributed by atoms with Crippen LogP contribution >= 0.6 is 34.4 Å². The van der Waals surface area contributed by atoms with Gasteiger partial charge in [-0.25, -0.2) is 4.98 Å². The first-order valence-corrected chi connectivity index (χ1v) is 12.7. The molecular weight excluding hydrogens is 420 g/mol. The number of carbonyl (C=O) groups excluding carboxylic acids is 1. The lowest BCUT2D eigenvalue weighted by molar-refractivity contribution is -0.116. The number of nitrogens with zero attached hydrogens (tertiary/aromatic N) is 1. The number of benzene rings is 1. The van der Waals surface area contributed by atoms with Gasteiger partial charge >= 0.3 is 0 Å². The largest absolute Gasteiger partial charge is 0.317 e. The molecule has 3 aromatic rings. The van der Waals surface area contributed by atoms with Crippen molar-refractivity contribution in [1.29, 1.82) is 0 Å². The van der Waals surface area contributed by atoms with E-state index in [2.05, 4.69) is 54.3 Å². The molecule has 1 aliphatic rings. The van der Waals surface area contributed by atoms with Crippen molar-refractivity contribution in [2.75, 3.05) is 24.7 Å². The van der Waals surface area contributed by atoms with Crippen LogP contribution in [0.2, 0.25) is 0 Å². The molecule has 0 atom stereocenters. The first kappa shape index (κ1) is 20.8. The second-order valence-electron chi connectivity index (χ2n) is 7.37. The molecular formula is C21H26N4OS3. The molecule has 0 fully saturated rings. The number of fused-ring (bicyclic) bond motifs is 2. The molecule has 0 spiro atoms. The molecule has 29 heavy (non-hydrogen) atoms. The lowest BCUT2D eigenvalue weighted by Gasteiger charge is -2.13. The maximum atomic E-state index is 12.6. The lowest BCUT2D eigenvalue weighted by Crippen LogP contribution is -2.27. The second kappa shape index (κ2) is 9.14. The Labute approximate surface area is 183 Å². The molecule has 1 aromatic carbocycles. The number of hydrogen-bond donors (Lipinski definition) is 3. The second-order valence-corrected chi connectivity index (χ2v) is 10.4. The van der Waals surface area contributed by atoms with Gasteiger partial charge in [0.2, 0.25) is 5.91 Å². The van der Waals surface area contributed by atoms with E-state index in [0.717, 1.165) is 40.6 Å². The van der Waals surface area contributed by atoms with Gasteiger partial charge < -0.3 is 16.0 Å². The Bertz CT molecular complexity index is 1020. The minimum atomic E-state index is 0.0527. The molecule has 8 heteroatoms. The average Bonchev–Trinajstić information content (AvgIpc) is 3.27. The summed E-state index contributed by atoms with van der Waals surface area (Å²) in [6.45, 7) is 6.68. The molecule has 154 valence electrons. The number of aromatic nitrogens is 1. The first-order valence-electron chi connectivity index (χ1n) is 9.89. The number of anilines is 1. The average molecular weight is 447 g/mol. The molecule has 3 N–H and O–H groups in total. The van der Waals surface area contributed by atoms with Gasteiger partial charge in [-0.1, -0.05) is 19.9 Å². The van der Waals surface area contributed by atoms with Crippen LogP contribution in [0.5, 0.6) is 0 Å². The first-order chi connectivity index (χ1) is 14.1. The zero-order valence-corrected chi connectivity index (χ0v) is 19.4. The van der Waals surface area contributed by atoms with Crippen LogP contribution in [0, 0.1) is 0 Å². The third kappa shape index (κ3) is 4.51. The van der Waals surface area contributed by atoms with E-state index in [9.17, 15) is 4.79 Å². The minimum absolute atomic E-state index is 0.0527. The molecule has 5 nitrogen and oxygen atoms in total. The topological polar surface area (TPSA) is 66.1 Å². The SMILES string of the molecule is CSc1cccc2sc(-c3c(NC(=O)CCNC(C)C)sc4c3CCNC4)nc12. The summed E-state index contributed by atoms with van der Waals surface area (Å²) in [5.74, 6) is 0.0527. The van der Waals surface area contributed by atoms with Crippen molar-refractivity contribution in [3.05, 3.63) is 28.6 Å². The number of rotatable bonds is 7. The molecule has 0 saturated heterocycles. The highest BCUT2D eigenvalue weighted by Gasteiger charge is 2.25. The number of para-hydroxylation sites is 1. The maximum Gasteiger partial charge on any atom is 0.226 e. The molecule has 2 aromatic heterocycles. The Morgan fingerprint density at radius 1 is 1.34 bits per heavy atom. The number of hydrogen-bond acceptors (Lipinski definition) is 7. The monoisotopic (exact) mass is 446 g/mol. The molecule has 0 saturated carbocycles. The van der Waals surface area contributed by atoms with Gasteiger partial charge in [-0.3, -0.25) is 4.79 Å². The van der Waals surface area contributed by atoms with Crippen LogP contribution in [-0.2, 0) is 17.8 Å². The summed E-state index contributed by atoms with van der Waals surface area (Å²) in [4.78, 5) is 20.1. The number of thiazole rings is 1. The van der Waals surface area contributed by atoms with E-state index in [-0.39, 0.29) is 5.91 Å². The van der Waals surface area contributed by atoms with E-state index in [1.807, 2.05) is 0 Å². The number of carbonyl (C=O) groups is 1. The Morgan fingerprint density at radius 3 is 3.00 bits per heavy atom. The van der Waals surface area contributed by atoms with Crippen molar-refractivity contribution in [3.8, 4) is 10.6 Å². The van der Waals surface area contributed by atoms with E-state index in [1.165, 1.54) is 20.0 Å². The Balaban J connectivity index is 1.69. The predicted octanol–water partition coefficient (Wildman–Crippen LogP) is 4.72. The maximum absolute atomic E-state index is 12.6. The number of thiophene rings is 1. The van der Waals surface area contributed by atoms with Crippen molar-refractivity contribution in [2.24, 2.45) is 0 Å². The van der Waals surface area contributed by atoms with Crippen molar-refractivity contribution >= 4 is 55.6 Å². The van der Waals surface area contributed by atoms with Crippen LogP contribution in [0.15, 0.2) is 23.1 Å². The lowest BCUT2D eigenvalue weighted by atomic mass is 10.0. The third-order valence-corrected chi connectivity index (χ3v) is 7.86. The zero-order chi connectivity index (χ0) is 20.4. The Hall–Kier alpha value is -1.45. The molecule has 0 unspecified atom stereocenters. The summed E-state index contributed by atoms with van der Waals surface area (Å²) in [6, 6.07) is 6.72. The molecule has 1 aliphatic heterocycles. The molecule has 0 bridgehead atoms. The zero-order valence-electron chi connectivity index (χ0n) is 16.9. The van der Waals surface area contributed by atoms with Gasteiger partial charge in [-0.05, 0) is 36.9 Å². The fraction of sp³-hybridized carbons (Fsp3) is 0.429. The Kier molecular flexibility index (Phi) is 6.56. The van der Waals surface area contributed by atoms with E-state index in [1.54, 1.807) is 34.4 Å². The van der Waals surface area contributed by atoms with Gasteiger partial charge in [0.05, 0.1) is 10.2 Å². The van der Waals surface area contributed by atoms with Crippen LogP contribution in [0.4, 0.5) is 5.00 Å². The van der Waals surface area contributed by atoms with Gasteiger partial charge in [-0.2, -0.15) is 0 Å². The van der Waals surface area contributed by atoms with Crippen molar-refractivity contribution in [1.82, 2.24) is 15.6 Å². The summed E-state index contributed by atoms with van der Waals surface area (Å²) < 4.78 is 1.19. The minimum Gasteiger partial charge on any atom is -0.317 e. The highest BCUT2D eigenvalue weighted by atomic mass is 32.2. The van der Waals surface area contributed by atoms with Gasteiger partial charge in [-0.15, -0.1) is 34.4 Å². The van der Waals surface area contributed by atoms with Crippen molar-refractivity contribution in [3.63, 3.8) is 0 Å². The van der Waals surface area contributed by atoms with Crippen LogP contribution in [0.25, 0.3) is 20.8 Å². The van der Waals surface area contributed by atoms with Crippen LogP contribution < -0.4 is 16.0 Å². The van der Waals surface area contributed by atoms with E-state index < -0.39 is 0 Å². The number of thioether (sulfide) groups is 1. The van der Waals surface area contributed by atoms with Crippen LogP contribution in [0.3, 0.4) is 0 Å².